The Hall–Kier alpha value is -1.56. The molecule has 0 amide bonds. The SMILES string of the molecule is CCOc1ccc(OCCn2cc(CCBr)nn2)cc1. The van der Waals surface area contributed by atoms with Gasteiger partial charge in [-0.05, 0) is 31.2 Å². The Labute approximate surface area is 127 Å². The molecule has 0 aliphatic rings. The van der Waals surface area contributed by atoms with Crippen LogP contribution < -0.4 is 9.47 Å². The van der Waals surface area contributed by atoms with Gasteiger partial charge in [0.25, 0.3) is 0 Å². The maximum Gasteiger partial charge on any atom is 0.119 e. The highest BCUT2D eigenvalue weighted by Crippen LogP contribution is 2.17. The van der Waals surface area contributed by atoms with Crippen molar-refractivity contribution in [1.82, 2.24) is 15.0 Å². The maximum atomic E-state index is 5.66. The van der Waals surface area contributed by atoms with Gasteiger partial charge in [-0.15, -0.1) is 5.10 Å². The van der Waals surface area contributed by atoms with Crippen molar-refractivity contribution in [3.63, 3.8) is 0 Å². The summed E-state index contributed by atoms with van der Waals surface area (Å²) in [5, 5.41) is 9.02. The Balaban J connectivity index is 1.76. The van der Waals surface area contributed by atoms with Gasteiger partial charge >= 0.3 is 0 Å². The third-order valence-corrected chi connectivity index (χ3v) is 3.06. The molecule has 0 radical (unpaired) electrons. The molecule has 6 heteroatoms. The van der Waals surface area contributed by atoms with Crippen LogP contribution in [-0.2, 0) is 13.0 Å². The molecular weight excluding hydrogens is 322 g/mol. The highest BCUT2D eigenvalue weighted by molar-refractivity contribution is 9.09. The fraction of sp³-hybridized carbons (Fsp3) is 0.429. The Morgan fingerprint density at radius 1 is 1.15 bits per heavy atom. The fourth-order valence-corrected chi connectivity index (χ4v) is 2.12. The van der Waals surface area contributed by atoms with E-state index in [1.807, 2.05) is 37.4 Å². The second-order valence-corrected chi connectivity index (χ2v) is 4.96. The maximum absolute atomic E-state index is 5.66. The van der Waals surface area contributed by atoms with Gasteiger partial charge < -0.3 is 9.47 Å². The molecule has 0 bridgehead atoms. The lowest BCUT2D eigenvalue weighted by molar-refractivity contribution is 0.288. The van der Waals surface area contributed by atoms with E-state index < -0.39 is 0 Å². The van der Waals surface area contributed by atoms with E-state index >= 15 is 0 Å². The number of hydrogen-bond donors (Lipinski definition) is 0. The van der Waals surface area contributed by atoms with Crippen molar-refractivity contribution in [1.29, 1.82) is 0 Å². The highest BCUT2D eigenvalue weighted by Gasteiger charge is 2.00. The van der Waals surface area contributed by atoms with Crippen LogP contribution in [0.1, 0.15) is 12.6 Å². The molecule has 0 unspecified atom stereocenters. The molecule has 108 valence electrons. The van der Waals surface area contributed by atoms with Crippen LogP contribution >= 0.6 is 15.9 Å². The Morgan fingerprint density at radius 2 is 1.85 bits per heavy atom. The Bertz CT molecular complexity index is 513. The zero-order valence-electron chi connectivity index (χ0n) is 11.5. The molecule has 1 aromatic carbocycles. The second kappa shape index (κ2) is 7.89. The van der Waals surface area contributed by atoms with Crippen molar-refractivity contribution in [2.75, 3.05) is 18.5 Å². The van der Waals surface area contributed by atoms with Crippen molar-refractivity contribution in [2.45, 2.75) is 19.9 Å². The topological polar surface area (TPSA) is 49.2 Å². The molecular formula is C14H18BrN3O2. The zero-order valence-corrected chi connectivity index (χ0v) is 13.0. The van der Waals surface area contributed by atoms with Gasteiger partial charge in [-0.25, -0.2) is 4.68 Å². The number of ether oxygens (including phenoxy) is 2. The van der Waals surface area contributed by atoms with Crippen LogP contribution in [0.4, 0.5) is 0 Å². The molecule has 0 aliphatic carbocycles. The van der Waals surface area contributed by atoms with Crippen molar-refractivity contribution in [3.05, 3.63) is 36.2 Å². The average Bonchev–Trinajstić information content (AvgIpc) is 2.89. The number of aromatic nitrogens is 3. The third kappa shape index (κ3) is 4.52. The minimum absolute atomic E-state index is 0.561. The van der Waals surface area contributed by atoms with E-state index in [9.17, 15) is 0 Å². The minimum Gasteiger partial charge on any atom is -0.494 e. The molecule has 2 rings (SSSR count). The van der Waals surface area contributed by atoms with Gasteiger partial charge in [0.1, 0.15) is 18.1 Å². The lowest BCUT2D eigenvalue weighted by Gasteiger charge is -2.07. The smallest absolute Gasteiger partial charge is 0.119 e. The van der Waals surface area contributed by atoms with Crippen LogP contribution in [0.25, 0.3) is 0 Å². The van der Waals surface area contributed by atoms with Crippen molar-refractivity contribution in [2.24, 2.45) is 0 Å². The summed E-state index contributed by atoms with van der Waals surface area (Å²) in [6.45, 7) is 3.88. The molecule has 0 saturated heterocycles. The average molecular weight is 340 g/mol. The number of aryl methyl sites for hydroxylation is 1. The van der Waals surface area contributed by atoms with Gasteiger partial charge in [0.2, 0.25) is 0 Å². The molecule has 0 saturated carbocycles. The summed E-state index contributed by atoms with van der Waals surface area (Å²) in [5.41, 5.74) is 0.989. The lowest BCUT2D eigenvalue weighted by Crippen LogP contribution is -2.08. The van der Waals surface area contributed by atoms with Gasteiger partial charge in [0.05, 0.1) is 18.8 Å². The fourth-order valence-electron chi connectivity index (χ4n) is 1.71. The number of halogens is 1. The van der Waals surface area contributed by atoms with Gasteiger partial charge in [-0.1, -0.05) is 21.1 Å². The predicted octanol–water partition coefficient (Wildman–Crippen LogP) is 2.69. The number of benzene rings is 1. The van der Waals surface area contributed by atoms with Gasteiger partial charge in [0.15, 0.2) is 0 Å². The second-order valence-electron chi connectivity index (χ2n) is 4.16. The molecule has 2 aromatic rings. The van der Waals surface area contributed by atoms with Crippen LogP contribution in [0.15, 0.2) is 30.5 Å². The van der Waals surface area contributed by atoms with Crippen LogP contribution in [0, 0.1) is 0 Å². The van der Waals surface area contributed by atoms with Gasteiger partial charge in [-0.2, -0.15) is 0 Å². The quantitative estimate of drug-likeness (QED) is 0.694. The molecule has 5 nitrogen and oxygen atoms in total. The summed E-state index contributed by atoms with van der Waals surface area (Å²) in [5.74, 6) is 1.68. The summed E-state index contributed by atoms with van der Waals surface area (Å²) in [6, 6.07) is 7.62. The third-order valence-electron chi connectivity index (χ3n) is 2.66. The molecule has 0 fully saturated rings. The Kier molecular flexibility index (Phi) is 5.86. The minimum atomic E-state index is 0.561. The summed E-state index contributed by atoms with van der Waals surface area (Å²) in [6.07, 6.45) is 2.84. The monoisotopic (exact) mass is 339 g/mol. The summed E-state index contributed by atoms with van der Waals surface area (Å²) < 4.78 is 12.8. The van der Waals surface area contributed by atoms with E-state index in [1.54, 1.807) is 4.68 Å². The summed E-state index contributed by atoms with van der Waals surface area (Å²) in [4.78, 5) is 0. The predicted molar refractivity (Wildman–Crippen MR) is 80.6 cm³/mol. The van der Waals surface area contributed by atoms with Crippen molar-refractivity contribution < 1.29 is 9.47 Å². The van der Waals surface area contributed by atoms with Crippen LogP contribution in [0.2, 0.25) is 0 Å². The van der Waals surface area contributed by atoms with Crippen LogP contribution in [0.3, 0.4) is 0 Å². The first-order valence-electron chi connectivity index (χ1n) is 6.62. The molecule has 20 heavy (non-hydrogen) atoms. The first-order valence-corrected chi connectivity index (χ1v) is 7.74. The van der Waals surface area contributed by atoms with E-state index in [4.69, 9.17) is 9.47 Å². The van der Waals surface area contributed by atoms with Gasteiger partial charge in [-0.3, -0.25) is 0 Å². The molecule has 1 aromatic heterocycles. The molecule has 0 N–H and O–H groups in total. The number of alkyl halides is 1. The number of rotatable bonds is 8. The first kappa shape index (κ1) is 14.8. The normalized spacial score (nSPS) is 10.5. The van der Waals surface area contributed by atoms with E-state index in [-0.39, 0.29) is 0 Å². The standard InChI is InChI=1S/C14H18BrN3O2/c1-2-19-13-3-5-14(6-4-13)20-10-9-18-11-12(7-8-15)16-17-18/h3-6,11H,2,7-10H2,1H3. The molecule has 0 atom stereocenters. The zero-order chi connectivity index (χ0) is 14.2. The van der Waals surface area contributed by atoms with Crippen molar-refractivity contribution >= 4 is 15.9 Å². The van der Waals surface area contributed by atoms with E-state index in [0.717, 1.165) is 28.9 Å². The molecule has 0 spiro atoms. The first-order chi connectivity index (χ1) is 9.81. The van der Waals surface area contributed by atoms with Gasteiger partial charge in [0, 0.05) is 17.9 Å². The molecule has 0 aliphatic heterocycles. The summed E-state index contributed by atoms with van der Waals surface area (Å²) >= 11 is 3.38. The Morgan fingerprint density at radius 3 is 2.50 bits per heavy atom. The molecule has 1 heterocycles. The summed E-state index contributed by atoms with van der Waals surface area (Å²) in [7, 11) is 0. The number of nitrogens with zero attached hydrogens (tertiary/aromatic N) is 3. The lowest BCUT2D eigenvalue weighted by atomic mass is 10.3. The van der Waals surface area contributed by atoms with Crippen LogP contribution in [-0.4, -0.2) is 33.5 Å². The van der Waals surface area contributed by atoms with E-state index in [0.29, 0.717) is 19.8 Å². The van der Waals surface area contributed by atoms with E-state index in [1.165, 1.54) is 0 Å². The highest BCUT2D eigenvalue weighted by atomic mass is 79.9. The van der Waals surface area contributed by atoms with Crippen LogP contribution in [0.5, 0.6) is 11.5 Å². The van der Waals surface area contributed by atoms with Crippen molar-refractivity contribution in [3.8, 4) is 11.5 Å². The van der Waals surface area contributed by atoms with E-state index in [2.05, 4.69) is 26.2 Å². The largest absolute Gasteiger partial charge is 0.494 e. The number of hydrogen-bond acceptors (Lipinski definition) is 4.